The van der Waals surface area contributed by atoms with Crippen molar-refractivity contribution in [3.63, 3.8) is 0 Å². The van der Waals surface area contributed by atoms with Gasteiger partial charge in [0.2, 0.25) is 0 Å². The van der Waals surface area contributed by atoms with Crippen LogP contribution >= 0.6 is 0 Å². The van der Waals surface area contributed by atoms with Crippen LogP contribution in [0.5, 0.6) is 0 Å². The molecule has 0 fully saturated rings. The van der Waals surface area contributed by atoms with Crippen LogP contribution in [-0.4, -0.2) is 20.8 Å². The molecule has 0 unspecified atom stereocenters. The summed E-state index contributed by atoms with van der Waals surface area (Å²) in [6, 6.07) is 5.69. The molecule has 2 rings (SSSR count). The van der Waals surface area contributed by atoms with Gasteiger partial charge in [0.1, 0.15) is 6.54 Å². The molecule has 18 heavy (non-hydrogen) atoms. The van der Waals surface area contributed by atoms with Gasteiger partial charge in [0.25, 0.3) is 0 Å². The Morgan fingerprint density at radius 3 is 2.72 bits per heavy atom. The maximum atomic E-state index is 12.1. The van der Waals surface area contributed by atoms with Crippen LogP contribution in [0.25, 0.3) is 0 Å². The summed E-state index contributed by atoms with van der Waals surface area (Å²) in [5, 5.41) is 7.71. The molecule has 2 aromatic rings. The van der Waals surface area contributed by atoms with Crippen molar-refractivity contribution in [2.45, 2.75) is 26.9 Å². The Bertz CT molecular complexity index is 574. The van der Waals surface area contributed by atoms with Gasteiger partial charge in [-0.05, 0) is 31.0 Å². The molecule has 0 spiro atoms. The van der Waals surface area contributed by atoms with E-state index in [9.17, 15) is 4.79 Å². The Hall–Kier alpha value is -2.01. The van der Waals surface area contributed by atoms with Crippen molar-refractivity contribution < 1.29 is 4.79 Å². The highest BCUT2D eigenvalue weighted by Crippen LogP contribution is 2.11. The molecule has 94 valence electrons. The van der Waals surface area contributed by atoms with E-state index in [0.717, 1.165) is 5.56 Å². The van der Waals surface area contributed by atoms with Crippen LogP contribution in [0.2, 0.25) is 0 Å². The standard InChI is InChI=1S/C13H16N4O/c1-9-3-4-11(5-10(9)2)13(18)8-17-7-12(6-14)15-16-17/h3-5,7H,6,8,14H2,1-2H3. The van der Waals surface area contributed by atoms with Crippen LogP contribution in [0.3, 0.4) is 0 Å². The van der Waals surface area contributed by atoms with Crippen molar-refractivity contribution in [1.82, 2.24) is 15.0 Å². The van der Waals surface area contributed by atoms with Crippen LogP contribution in [0.1, 0.15) is 27.2 Å². The van der Waals surface area contributed by atoms with Gasteiger partial charge in [-0.1, -0.05) is 17.3 Å². The normalized spacial score (nSPS) is 10.6. The molecule has 1 aromatic heterocycles. The first-order valence-corrected chi connectivity index (χ1v) is 5.79. The molecule has 1 heterocycles. The molecule has 1 aromatic carbocycles. The Kier molecular flexibility index (Phi) is 3.53. The van der Waals surface area contributed by atoms with Crippen LogP contribution in [0.4, 0.5) is 0 Å². The second-order valence-electron chi connectivity index (χ2n) is 4.33. The quantitative estimate of drug-likeness (QED) is 0.821. The summed E-state index contributed by atoms with van der Waals surface area (Å²) in [5.74, 6) is 0.0200. The fourth-order valence-electron chi connectivity index (χ4n) is 1.66. The molecule has 0 aliphatic heterocycles. The highest BCUT2D eigenvalue weighted by atomic mass is 16.1. The summed E-state index contributed by atoms with van der Waals surface area (Å²) in [7, 11) is 0. The summed E-state index contributed by atoms with van der Waals surface area (Å²) in [6.45, 7) is 4.54. The molecule has 0 bridgehead atoms. The van der Waals surface area contributed by atoms with E-state index in [0.29, 0.717) is 17.8 Å². The van der Waals surface area contributed by atoms with E-state index in [1.54, 1.807) is 6.20 Å². The average molecular weight is 244 g/mol. The highest BCUT2D eigenvalue weighted by Gasteiger charge is 2.09. The number of rotatable bonds is 4. The number of aromatic nitrogens is 3. The van der Waals surface area contributed by atoms with Crippen LogP contribution in [-0.2, 0) is 13.1 Å². The number of hydrogen-bond acceptors (Lipinski definition) is 4. The van der Waals surface area contributed by atoms with Gasteiger partial charge in [-0.2, -0.15) is 0 Å². The molecule has 0 radical (unpaired) electrons. The van der Waals surface area contributed by atoms with E-state index in [4.69, 9.17) is 5.73 Å². The summed E-state index contributed by atoms with van der Waals surface area (Å²) < 4.78 is 1.51. The largest absolute Gasteiger partial charge is 0.325 e. The highest BCUT2D eigenvalue weighted by molar-refractivity contribution is 5.96. The molecule has 5 nitrogen and oxygen atoms in total. The molecular formula is C13H16N4O. The van der Waals surface area contributed by atoms with Gasteiger partial charge in [0.05, 0.1) is 11.9 Å². The maximum absolute atomic E-state index is 12.1. The lowest BCUT2D eigenvalue weighted by Crippen LogP contribution is -2.11. The molecule has 5 heteroatoms. The fraction of sp³-hybridized carbons (Fsp3) is 0.308. The lowest BCUT2D eigenvalue weighted by atomic mass is 10.0. The van der Waals surface area contributed by atoms with Crippen LogP contribution in [0.15, 0.2) is 24.4 Å². The Balaban J connectivity index is 2.14. The van der Waals surface area contributed by atoms with Gasteiger partial charge in [-0.15, -0.1) is 5.10 Å². The second kappa shape index (κ2) is 5.10. The van der Waals surface area contributed by atoms with Crippen molar-refractivity contribution in [2.24, 2.45) is 5.73 Å². The zero-order chi connectivity index (χ0) is 13.1. The minimum absolute atomic E-state index is 0.0200. The van der Waals surface area contributed by atoms with E-state index < -0.39 is 0 Å². The van der Waals surface area contributed by atoms with Gasteiger partial charge in [-0.25, -0.2) is 4.68 Å². The predicted molar refractivity (Wildman–Crippen MR) is 68.2 cm³/mol. The van der Waals surface area contributed by atoms with E-state index in [-0.39, 0.29) is 12.3 Å². The smallest absolute Gasteiger partial charge is 0.184 e. The van der Waals surface area contributed by atoms with Crippen LogP contribution < -0.4 is 5.73 Å². The van der Waals surface area contributed by atoms with E-state index >= 15 is 0 Å². The number of carbonyl (C=O) groups is 1. The third kappa shape index (κ3) is 2.62. The van der Waals surface area contributed by atoms with Crippen molar-refractivity contribution >= 4 is 5.78 Å². The van der Waals surface area contributed by atoms with Crippen molar-refractivity contribution in [1.29, 1.82) is 0 Å². The summed E-state index contributed by atoms with van der Waals surface area (Å²) >= 11 is 0. The number of Topliss-reactive ketones (excluding diaryl/α,β-unsaturated/α-hetero) is 1. The van der Waals surface area contributed by atoms with Gasteiger partial charge in [0, 0.05) is 12.1 Å². The number of carbonyl (C=O) groups excluding carboxylic acids is 1. The first kappa shape index (κ1) is 12.4. The minimum atomic E-state index is 0.0200. The first-order valence-electron chi connectivity index (χ1n) is 5.79. The molecule has 0 amide bonds. The molecule has 0 aliphatic rings. The summed E-state index contributed by atoms with van der Waals surface area (Å²) in [6.07, 6.45) is 1.69. The number of hydrogen-bond donors (Lipinski definition) is 1. The van der Waals surface area contributed by atoms with Gasteiger partial charge < -0.3 is 5.73 Å². The number of ketones is 1. The first-order chi connectivity index (χ1) is 8.60. The van der Waals surface area contributed by atoms with Crippen molar-refractivity contribution in [3.05, 3.63) is 46.8 Å². The SMILES string of the molecule is Cc1ccc(C(=O)Cn2cc(CN)nn2)cc1C. The number of benzene rings is 1. The zero-order valence-electron chi connectivity index (χ0n) is 10.6. The third-order valence-corrected chi connectivity index (χ3v) is 2.93. The van der Waals surface area contributed by atoms with Gasteiger partial charge >= 0.3 is 0 Å². The predicted octanol–water partition coefficient (Wildman–Crippen LogP) is 1.24. The van der Waals surface area contributed by atoms with E-state index in [1.165, 1.54) is 10.2 Å². The van der Waals surface area contributed by atoms with Crippen LogP contribution in [0, 0.1) is 13.8 Å². The van der Waals surface area contributed by atoms with E-state index in [2.05, 4.69) is 10.3 Å². The zero-order valence-corrected chi connectivity index (χ0v) is 10.6. The Labute approximate surface area is 106 Å². The minimum Gasteiger partial charge on any atom is -0.325 e. The Morgan fingerprint density at radius 1 is 1.33 bits per heavy atom. The maximum Gasteiger partial charge on any atom is 0.184 e. The number of nitrogens with zero attached hydrogens (tertiary/aromatic N) is 3. The second-order valence-corrected chi connectivity index (χ2v) is 4.33. The fourth-order valence-corrected chi connectivity index (χ4v) is 1.66. The Morgan fingerprint density at radius 2 is 2.11 bits per heavy atom. The van der Waals surface area contributed by atoms with Gasteiger partial charge in [0.15, 0.2) is 5.78 Å². The summed E-state index contributed by atoms with van der Waals surface area (Å²) in [4.78, 5) is 12.1. The average Bonchev–Trinajstić information content (AvgIpc) is 2.80. The van der Waals surface area contributed by atoms with Crippen molar-refractivity contribution in [2.75, 3.05) is 0 Å². The molecule has 0 atom stereocenters. The monoisotopic (exact) mass is 244 g/mol. The third-order valence-electron chi connectivity index (χ3n) is 2.93. The van der Waals surface area contributed by atoms with Gasteiger partial charge in [-0.3, -0.25) is 4.79 Å². The lowest BCUT2D eigenvalue weighted by Gasteiger charge is -2.04. The molecular weight excluding hydrogens is 228 g/mol. The molecule has 0 saturated carbocycles. The van der Waals surface area contributed by atoms with E-state index in [1.807, 2.05) is 32.0 Å². The molecule has 2 N–H and O–H groups in total. The topological polar surface area (TPSA) is 73.8 Å². The summed E-state index contributed by atoms with van der Waals surface area (Å²) in [5.41, 5.74) is 9.11. The van der Waals surface area contributed by atoms with Crippen molar-refractivity contribution in [3.8, 4) is 0 Å². The molecule has 0 saturated heterocycles. The number of aryl methyl sites for hydroxylation is 2. The lowest BCUT2D eigenvalue weighted by molar-refractivity contribution is 0.0967. The molecule has 0 aliphatic carbocycles. The number of nitrogens with two attached hydrogens (primary N) is 1.